The van der Waals surface area contributed by atoms with Gasteiger partial charge in [0.2, 0.25) is 5.91 Å². The topological polar surface area (TPSA) is 70.1 Å². The van der Waals surface area contributed by atoms with Gasteiger partial charge >= 0.3 is 0 Å². The van der Waals surface area contributed by atoms with Crippen LogP contribution in [0.4, 0.5) is 0 Å². The van der Waals surface area contributed by atoms with Gasteiger partial charge in [-0.25, -0.2) is 0 Å². The molecular formula is C15H27N3O. The molecule has 0 aliphatic heterocycles. The molecule has 4 nitrogen and oxygen atoms in total. The van der Waals surface area contributed by atoms with E-state index in [1.165, 1.54) is 19.3 Å². The van der Waals surface area contributed by atoms with Crippen molar-refractivity contribution >= 4 is 5.91 Å². The molecule has 0 saturated heterocycles. The number of rotatable bonds is 5. The minimum atomic E-state index is -0.435. The zero-order chi connectivity index (χ0) is 14.4. The van der Waals surface area contributed by atoms with Gasteiger partial charge in [-0.1, -0.05) is 33.1 Å². The molecule has 2 atom stereocenters. The number of carbonyl (C=O) groups is 1. The molecule has 0 aromatic heterocycles. The molecule has 4 heteroatoms. The third-order valence-electron chi connectivity index (χ3n) is 4.17. The third-order valence-corrected chi connectivity index (χ3v) is 4.17. The van der Waals surface area contributed by atoms with E-state index in [2.05, 4.69) is 6.07 Å². The Morgan fingerprint density at radius 3 is 2.37 bits per heavy atom. The van der Waals surface area contributed by atoms with Crippen molar-refractivity contribution in [1.29, 1.82) is 5.26 Å². The van der Waals surface area contributed by atoms with Crippen LogP contribution in [0.3, 0.4) is 0 Å². The summed E-state index contributed by atoms with van der Waals surface area (Å²) >= 11 is 0. The van der Waals surface area contributed by atoms with Crippen LogP contribution in [0.1, 0.15) is 52.9 Å². The number of nitrogens with zero attached hydrogens (tertiary/aromatic N) is 2. The van der Waals surface area contributed by atoms with Gasteiger partial charge in [0.05, 0.1) is 12.1 Å². The molecule has 1 saturated carbocycles. The van der Waals surface area contributed by atoms with Gasteiger partial charge in [-0.2, -0.15) is 5.26 Å². The highest BCUT2D eigenvalue weighted by molar-refractivity contribution is 5.82. The zero-order valence-corrected chi connectivity index (χ0v) is 12.4. The molecule has 0 heterocycles. The normalized spacial score (nSPS) is 19.8. The highest BCUT2D eigenvalue weighted by Gasteiger charge is 2.33. The smallest absolute Gasteiger partial charge is 0.240 e. The van der Waals surface area contributed by atoms with Crippen molar-refractivity contribution in [1.82, 2.24) is 4.90 Å². The molecule has 1 aliphatic rings. The first-order valence-electron chi connectivity index (χ1n) is 7.48. The molecule has 1 aliphatic carbocycles. The molecule has 0 spiro atoms. The van der Waals surface area contributed by atoms with Gasteiger partial charge in [0.25, 0.3) is 0 Å². The Kier molecular flexibility index (Phi) is 6.30. The van der Waals surface area contributed by atoms with Crippen LogP contribution in [-0.4, -0.2) is 29.4 Å². The Balaban J connectivity index is 2.74. The predicted molar refractivity (Wildman–Crippen MR) is 76.2 cm³/mol. The van der Waals surface area contributed by atoms with Crippen LogP contribution in [0.5, 0.6) is 0 Å². The maximum Gasteiger partial charge on any atom is 0.240 e. The number of hydrogen-bond donors (Lipinski definition) is 1. The first-order chi connectivity index (χ1) is 9.02. The summed E-state index contributed by atoms with van der Waals surface area (Å²) in [7, 11) is 0. The molecule has 0 unspecified atom stereocenters. The van der Waals surface area contributed by atoms with Crippen LogP contribution in [0.2, 0.25) is 0 Å². The molecule has 0 bridgehead atoms. The first-order valence-corrected chi connectivity index (χ1v) is 7.48. The minimum absolute atomic E-state index is 0.0466. The second-order valence-electron chi connectivity index (χ2n) is 5.87. The first kappa shape index (κ1) is 16.0. The summed E-state index contributed by atoms with van der Waals surface area (Å²) in [5.74, 6) is 0.379. The summed E-state index contributed by atoms with van der Waals surface area (Å²) in [6.07, 6.45) is 5.68. The number of hydrogen-bond acceptors (Lipinski definition) is 3. The van der Waals surface area contributed by atoms with Crippen LogP contribution < -0.4 is 5.73 Å². The Morgan fingerprint density at radius 2 is 1.95 bits per heavy atom. The average molecular weight is 265 g/mol. The van der Waals surface area contributed by atoms with Crippen molar-refractivity contribution in [3.8, 4) is 6.07 Å². The maximum absolute atomic E-state index is 12.5. The van der Waals surface area contributed by atoms with Crippen LogP contribution >= 0.6 is 0 Å². The Hall–Kier alpha value is -1.08. The van der Waals surface area contributed by atoms with Crippen LogP contribution in [0.15, 0.2) is 0 Å². The van der Waals surface area contributed by atoms with E-state index in [9.17, 15) is 10.1 Å². The van der Waals surface area contributed by atoms with Crippen molar-refractivity contribution in [3.05, 3.63) is 0 Å². The highest BCUT2D eigenvalue weighted by Crippen LogP contribution is 2.27. The van der Waals surface area contributed by atoms with E-state index in [0.29, 0.717) is 12.5 Å². The lowest BCUT2D eigenvalue weighted by Gasteiger charge is -2.34. The highest BCUT2D eigenvalue weighted by atomic mass is 16.2. The molecule has 1 fully saturated rings. The van der Waals surface area contributed by atoms with E-state index in [0.717, 1.165) is 12.8 Å². The van der Waals surface area contributed by atoms with Crippen molar-refractivity contribution in [2.45, 2.75) is 65.0 Å². The summed E-state index contributed by atoms with van der Waals surface area (Å²) in [5, 5.41) is 9.25. The number of nitriles is 1. The minimum Gasteiger partial charge on any atom is -0.325 e. The van der Waals surface area contributed by atoms with E-state index < -0.39 is 6.04 Å². The molecule has 1 amide bonds. The molecule has 0 aromatic rings. The third kappa shape index (κ3) is 3.94. The Labute approximate surface area is 116 Å². The molecule has 2 N–H and O–H groups in total. The zero-order valence-electron chi connectivity index (χ0n) is 12.4. The van der Waals surface area contributed by atoms with Crippen LogP contribution in [0, 0.1) is 23.2 Å². The molecule has 1 rings (SSSR count). The van der Waals surface area contributed by atoms with Crippen molar-refractivity contribution in [2.24, 2.45) is 17.6 Å². The lowest BCUT2D eigenvalue weighted by atomic mass is 9.83. The molecular weight excluding hydrogens is 238 g/mol. The Bertz CT molecular complexity index is 329. The van der Waals surface area contributed by atoms with Gasteiger partial charge < -0.3 is 10.6 Å². The fourth-order valence-electron chi connectivity index (χ4n) is 2.95. The standard InChI is InChI=1S/C15H27N3O/c1-4-18(13(10-16)11(2)3)15(19)14(17)12-8-6-5-7-9-12/h11-14H,4-9,17H2,1-3H3/t13-,14+/m1/s1. The molecule has 0 radical (unpaired) electrons. The van der Waals surface area contributed by atoms with Gasteiger partial charge in [-0.05, 0) is 31.6 Å². The van der Waals surface area contributed by atoms with Gasteiger partial charge in [-0.15, -0.1) is 0 Å². The number of likely N-dealkylation sites (N-methyl/N-ethyl adjacent to an activating group) is 1. The van der Waals surface area contributed by atoms with Crippen LogP contribution in [0.25, 0.3) is 0 Å². The molecule has 0 aromatic carbocycles. The summed E-state index contributed by atoms with van der Waals surface area (Å²) in [4.78, 5) is 14.2. The summed E-state index contributed by atoms with van der Waals surface area (Å²) in [6, 6.07) is 1.44. The van der Waals surface area contributed by atoms with Crippen molar-refractivity contribution < 1.29 is 4.79 Å². The monoisotopic (exact) mass is 265 g/mol. The van der Waals surface area contributed by atoms with E-state index in [-0.39, 0.29) is 17.9 Å². The quantitative estimate of drug-likeness (QED) is 0.829. The fraction of sp³-hybridized carbons (Fsp3) is 0.867. The molecule has 108 valence electrons. The van der Waals surface area contributed by atoms with E-state index in [1.54, 1.807) is 4.90 Å². The summed E-state index contributed by atoms with van der Waals surface area (Å²) in [6.45, 7) is 6.40. The number of amides is 1. The SMILES string of the molecule is CCN(C(=O)[C@@H](N)C1CCCCC1)[C@H](C#N)C(C)C. The largest absolute Gasteiger partial charge is 0.325 e. The van der Waals surface area contributed by atoms with Crippen LogP contribution in [-0.2, 0) is 4.79 Å². The van der Waals surface area contributed by atoms with E-state index in [1.807, 2.05) is 20.8 Å². The fourth-order valence-corrected chi connectivity index (χ4v) is 2.95. The van der Waals surface area contributed by atoms with Gasteiger partial charge in [-0.3, -0.25) is 4.79 Å². The van der Waals surface area contributed by atoms with Gasteiger partial charge in [0.15, 0.2) is 0 Å². The lowest BCUT2D eigenvalue weighted by Crippen LogP contribution is -2.52. The number of nitrogens with two attached hydrogens (primary N) is 1. The van der Waals surface area contributed by atoms with Gasteiger partial charge in [0.1, 0.15) is 6.04 Å². The predicted octanol–water partition coefficient (Wildman–Crippen LogP) is 2.29. The summed E-state index contributed by atoms with van der Waals surface area (Å²) in [5.41, 5.74) is 6.16. The van der Waals surface area contributed by atoms with E-state index in [4.69, 9.17) is 5.73 Å². The number of carbonyl (C=O) groups excluding carboxylic acids is 1. The van der Waals surface area contributed by atoms with Gasteiger partial charge in [0, 0.05) is 6.54 Å². The second kappa shape index (κ2) is 7.49. The Morgan fingerprint density at radius 1 is 1.37 bits per heavy atom. The van der Waals surface area contributed by atoms with Crippen molar-refractivity contribution in [2.75, 3.05) is 6.54 Å². The average Bonchev–Trinajstić information content (AvgIpc) is 2.43. The van der Waals surface area contributed by atoms with E-state index >= 15 is 0 Å². The molecule has 19 heavy (non-hydrogen) atoms. The maximum atomic E-state index is 12.5. The summed E-state index contributed by atoms with van der Waals surface area (Å²) < 4.78 is 0. The second-order valence-corrected chi connectivity index (χ2v) is 5.87. The lowest BCUT2D eigenvalue weighted by molar-refractivity contribution is -0.136. The van der Waals surface area contributed by atoms with Crippen molar-refractivity contribution in [3.63, 3.8) is 0 Å².